The molecule has 2 rings (SSSR count). The third-order valence-electron chi connectivity index (χ3n) is 3.30. The van der Waals surface area contributed by atoms with Crippen LogP contribution in [0.2, 0.25) is 0 Å². The summed E-state index contributed by atoms with van der Waals surface area (Å²) in [5.74, 6) is -0.703. The molecule has 7 heteroatoms. The van der Waals surface area contributed by atoms with Crippen LogP contribution in [-0.4, -0.2) is 62.0 Å². The molecule has 0 saturated carbocycles. The molecule has 110 valence electrons. The minimum atomic E-state index is -0.551. The molecule has 0 amide bonds. The summed E-state index contributed by atoms with van der Waals surface area (Å²) in [6.07, 6.45) is 1.04. The van der Waals surface area contributed by atoms with Gasteiger partial charge in [-0.2, -0.15) is 0 Å². The Labute approximate surface area is 122 Å². The predicted octanol–water partition coefficient (Wildman–Crippen LogP) is 1.27. The van der Waals surface area contributed by atoms with Crippen molar-refractivity contribution < 1.29 is 14.3 Å². The first-order chi connectivity index (χ1) is 9.52. The van der Waals surface area contributed by atoms with Crippen molar-refractivity contribution in [2.45, 2.75) is 13.3 Å². The molecule has 0 aliphatic carbocycles. The zero-order valence-electron chi connectivity index (χ0n) is 12.0. The topological polar surface area (TPSA) is 62.7 Å². The molecule has 0 aromatic carbocycles. The number of nitrogens with zero attached hydrogens (tertiary/aromatic N) is 3. The smallest absolute Gasteiger partial charge is 0.358 e. The third kappa shape index (κ3) is 3.16. The molecule has 1 fully saturated rings. The Hall–Kier alpha value is -1.47. The number of anilines is 1. The molecule has 0 N–H and O–H groups in total. The highest BCUT2D eigenvalue weighted by molar-refractivity contribution is 7.17. The number of ketones is 1. The first-order valence-corrected chi connectivity index (χ1v) is 7.38. The second-order valence-electron chi connectivity index (χ2n) is 4.87. The number of Topliss-reactive ketones (excluding diaryl/α,β-unsaturated/α-hetero) is 1. The van der Waals surface area contributed by atoms with Gasteiger partial charge in [-0.25, -0.2) is 9.78 Å². The molecular formula is C13H19N3O3S. The summed E-state index contributed by atoms with van der Waals surface area (Å²) < 4.78 is 4.70. The SMILES string of the molecule is COC(=O)c1nc(N2CCCN(C)CC2)sc1C(C)=O. The van der Waals surface area contributed by atoms with Crippen molar-refractivity contribution in [3.05, 3.63) is 10.6 Å². The van der Waals surface area contributed by atoms with Gasteiger partial charge in [-0.1, -0.05) is 11.3 Å². The van der Waals surface area contributed by atoms with Gasteiger partial charge < -0.3 is 14.5 Å². The highest BCUT2D eigenvalue weighted by Crippen LogP contribution is 2.28. The Balaban J connectivity index is 2.28. The molecule has 1 saturated heterocycles. The number of carbonyl (C=O) groups is 2. The van der Waals surface area contributed by atoms with Crippen molar-refractivity contribution in [3.8, 4) is 0 Å². The molecule has 6 nitrogen and oxygen atoms in total. The molecule has 0 spiro atoms. The van der Waals surface area contributed by atoms with Gasteiger partial charge in [0.05, 0.1) is 7.11 Å². The molecule has 0 unspecified atom stereocenters. The molecule has 0 radical (unpaired) electrons. The number of carbonyl (C=O) groups excluding carboxylic acids is 2. The summed E-state index contributed by atoms with van der Waals surface area (Å²) in [7, 11) is 3.39. The van der Waals surface area contributed by atoms with Crippen LogP contribution in [0.1, 0.15) is 33.5 Å². The van der Waals surface area contributed by atoms with Crippen molar-refractivity contribution >= 4 is 28.2 Å². The highest BCUT2D eigenvalue weighted by Gasteiger charge is 2.24. The number of ether oxygens (including phenoxy) is 1. The number of hydrogen-bond donors (Lipinski definition) is 0. The Morgan fingerprint density at radius 1 is 1.25 bits per heavy atom. The summed E-state index contributed by atoms with van der Waals surface area (Å²) in [4.78, 5) is 32.4. The standard InChI is InChI=1S/C13H19N3O3S/c1-9(17)11-10(12(18)19-3)14-13(20-11)16-6-4-5-15(2)7-8-16/h4-8H2,1-3H3. The minimum Gasteiger partial charge on any atom is -0.464 e. The average Bonchev–Trinajstić information content (AvgIpc) is 2.76. The van der Waals surface area contributed by atoms with Gasteiger partial charge in [0.2, 0.25) is 0 Å². The third-order valence-corrected chi connectivity index (χ3v) is 4.52. The Morgan fingerprint density at radius 3 is 2.65 bits per heavy atom. The molecule has 2 heterocycles. The van der Waals surface area contributed by atoms with Crippen molar-refractivity contribution in [1.82, 2.24) is 9.88 Å². The van der Waals surface area contributed by atoms with Gasteiger partial charge in [0.25, 0.3) is 0 Å². The molecule has 0 bridgehead atoms. The van der Waals surface area contributed by atoms with Crippen LogP contribution < -0.4 is 4.90 Å². The zero-order chi connectivity index (χ0) is 14.7. The van der Waals surface area contributed by atoms with Gasteiger partial charge in [0.1, 0.15) is 4.88 Å². The fraction of sp³-hybridized carbons (Fsp3) is 0.615. The van der Waals surface area contributed by atoms with Crippen LogP contribution in [0.4, 0.5) is 5.13 Å². The van der Waals surface area contributed by atoms with Gasteiger partial charge in [-0.15, -0.1) is 0 Å². The number of hydrogen-bond acceptors (Lipinski definition) is 7. The van der Waals surface area contributed by atoms with Crippen LogP contribution in [0.25, 0.3) is 0 Å². The van der Waals surface area contributed by atoms with E-state index in [0.29, 0.717) is 4.88 Å². The zero-order valence-corrected chi connectivity index (χ0v) is 12.8. The second-order valence-corrected chi connectivity index (χ2v) is 5.84. The van der Waals surface area contributed by atoms with Gasteiger partial charge in [-0.05, 0) is 20.0 Å². The first kappa shape index (κ1) is 14.9. The van der Waals surface area contributed by atoms with E-state index < -0.39 is 5.97 Å². The largest absolute Gasteiger partial charge is 0.464 e. The lowest BCUT2D eigenvalue weighted by molar-refractivity contribution is 0.0591. The maximum absolute atomic E-state index is 11.7. The molecule has 1 aliphatic heterocycles. The second kappa shape index (κ2) is 6.32. The normalized spacial score (nSPS) is 16.9. The maximum atomic E-state index is 11.7. The van der Waals surface area contributed by atoms with E-state index in [-0.39, 0.29) is 11.5 Å². The molecule has 0 atom stereocenters. The summed E-state index contributed by atoms with van der Waals surface area (Å²) in [5, 5.41) is 0.728. The van der Waals surface area contributed by atoms with Gasteiger partial charge in [0.15, 0.2) is 16.6 Å². The van der Waals surface area contributed by atoms with Crippen molar-refractivity contribution in [3.63, 3.8) is 0 Å². The maximum Gasteiger partial charge on any atom is 0.358 e. The van der Waals surface area contributed by atoms with E-state index in [2.05, 4.69) is 21.8 Å². The number of methoxy groups -OCH3 is 1. The number of aromatic nitrogens is 1. The lowest BCUT2D eigenvalue weighted by atomic mass is 10.3. The van der Waals surface area contributed by atoms with E-state index >= 15 is 0 Å². The summed E-state index contributed by atoms with van der Waals surface area (Å²) >= 11 is 1.27. The average molecular weight is 297 g/mol. The molecule has 1 aromatic rings. The van der Waals surface area contributed by atoms with Crippen LogP contribution in [0.3, 0.4) is 0 Å². The lowest BCUT2D eigenvalue weighted by Crippen LogP contribution is -2.28. The Kier molecular flexibility index (Phi) is 4.72. The lowest BCUT2D eigenvalue weighted by Gasteiger charge is -2.19. The van der Waals surface area contributed by atoms with E-state index in [1.165, 1.54) is 25.4 Å². The molecular weight excluding hydrogens is 278 g/mol. The quantitative estimate of drug-likeness (QED) is 0.618. The Bertz CT molecular complexity index is 515. The van der Waals surface area contributed by atoms with Crippen molar-refractivity contribution in [1.29, 1.82) is 0 Å². The number of esters is 1. The van der Waals surface area contributed by atoms with Crippen LogP contribution in [0.15, 0.2) is 0 Å². The number of likely N-dealkylation sites (N-methyl/N-ethyl adjacent to an activating group) is 1. The highest BCUT2D eigenvalue weighted by atomic mass is 32.1. The van der Waals surface area contributed by atoms with Gasteiger partial charge in [0, 0.05) is 26.6 Å². The van der Waals surface area contributed by atoms with E-state index in [9.17, 15) is 9.59 Å². The monoisotopic (exact) mass is 297 g/mol. The Morgan fingerprint density at radius 2 is 2.00 bits per heavy atom. The summed E-state index contributed by atoms with van der Waals surface area (Å²) in [5.41, 5.74) is 0.137. The summed E-state index contributed by atoms with van der Waals surface area (Å²) in [6, 6.07) is 0. The number of rotatable bonds is 3. The van der Waals surface area contributed by atoms with Gasteiger partial charge in [-0.3, -0.25) is 4.79 Å². The molecule has 1 aliphatic rings. The van der Waals surface area contributed by atoms with Gasteiger partial charge >= 0.3 is 5.97 Å². The molecule has 1 aromatic heterocycles. The fourth-order valence-corrected chi connectivity index (χ4v) is 3.16. The number of thiazole rings is 1. The van der Waals surface area contributed by atoms with Crippen molar-refractivity contribution in [2.75, 3.05) is 45.2 Å². The fourth-order valence-electron chi connectivity index (χ4n) is 2.16. The first-order valence-electron chi connectivity index (χ1n) is 6.56. The van der Waals surface area contributed by atoms with E-state index in [0.717, 1.165) is 37.7 Å². The van der Waals surface area contributed by atoms with Crippen molar-refractivity contribution in [2.24, 2.45) is 0 Å². The predicted molar refractivity (Wildman–Crippen MR) is 77.8 cm³/mol. The van der Waals surface area contributed by atoms with Crippen LogP contribution >= 0.6 is 11.3 Å². The summed E-state index contributed by atoms with van der Waals surface area (Å²) in [6.45, 7) is 5.17. The van der Waals surface area contributed by atoms with Crippen LogP contribution in [0.5, 0.6) is 0 Å². The van der Waals surface area contributed by atoms with E-state index in [1.807, 2.05) is 0 Å². The van der Waals surface area contributed by atoms with Crippen LogP contribution in [-0.2, 0) is 4.74 Å². The van der Waals surface area contributed by atoms with E-state index in [4.69, 9.17) is 4.74 Å². The van der Waals surface area contributed by atoms with Crippen LogP contribution in [0, 0.1) is 0 Å². The van der Waals surface area contributed by atoms with E-state index in [1.54, 1.807) is 0 Å². The minimum absolute atomic E-state index is 0.137. The molecule has 20 heavy (non-hydrogen) atoms.